The quantitative estimate of drug-likeness (QED) is 0.0845. The van der Waals surface area contributed by atoms with E-state index in [9.17, 15) is 0 Å². The van der Waals surface area contributed by atoms with Crippen molar-refractivity contribution in [2.45, 2.75) is 20.8 Å². The molecule has 0 saturated heterocycles. The molecule has 8 aromatic rings. The molecule has 0 heterocycles. The van der Waals surface area contributed by atoms with Crippen molar-refractivity contribution in [3.8, 4) is 0 Å². The van der Waals surface area contributed by atoms with Crippen LogP contribution in [0.2, 0.25) is 0 Å². The van der Waals surface area contributed by atoms with Gasteiger partial charge in [-0.1, -0.05) is 263 Å². The molecule has 0 unspecified atom stereocenters. The normalized spacial score (nSPS) is 15.2. The monoisotopic (exact) mass is 978 g/mol. The molecule has 330 valence electrons. The molecular weight excluding hydrogens is 924 g/mol. The summed E-state index contributed by atoms with van der Waals surface area (Å²) >= 11 is 0. The van der Waals surface area contributed by atoms with Crippen LogP contribution in [0.15, 0.2) is 243 Å². The van der Waals surface area contributed by atoms with E-state index in [0.717, 1.165) is 0 Å². The summed E-state index contributed by atoms with van der Waals surface area (Å²) in [4.78, 5) is 0. The average Bonchev–Trinajstić information content (AvgIpc) is 4.03. The van der Waals surface area contributed by atoms with Crippen molar-refractivity contribution in [1.29, 1.82) is 0 Å². The standard InChI is InChI=1S/C33H31P2.C29H23P2.Fe/c1-33(2,3)26-24-31(34(27-16-8-4-9-17-27)28-18-10-5-11-19-28)32(25-26)35(29-20-12-6-13-21-29)30-22-14-7-15-23-30;1-5-13-24(14-6-1)30(25-15-7-2-8-16-25)28-21-22-29(23-28)31(26-17-9-3-10-18-26)27-19-11-4-12-20-27;/h4-25H,1-3H3;1-23H;. The Labute approximate surface area is 418 Å². The minimum atomic E-state index is -0.690. The summed E-state index contributed by atoms with van der Waals surface area (Å²) in [5.74, 6) is 1.42. The van der Waals surface area contributed by atoms with Gasteiger partial charge in [0.1, 0.15) is 0 Å². The van der Waals surface area contributed by atoms with Gasteiger partial charge in [0.25, 0.3) is 0 Å². The van der Waals surface area contributed by atoms with Gasteiger partial charge in [-0.3, -0.25) is 0 Å². The third-order valence-electron chi connectivity index (χ3n) is 11.5. The smallest absolute Gasteiger partial charge is 0.0251 e. The average molecular weight is 979 g/mol. The second-order valence-corrected chi connectivity index (χ2v) is 25.9. The number of benzene rings is 8. The van der Waals surface area contributed by atoms with Crippen LogP contribution in [0.4, 0.5) is 0 Å². The van der Waals surface area contributed by atoms with Crippen LogP contribution in [0.1, 0.15) is 20.8 Å². The van der Waals surface area contributed by atoms with E-state index in [1.807, 2.05) is 0 Å². The molecule has 0 nitrogen and oxygen atoms in total. The predicted octanol–water partition coefficient (Wildman–Crippen LogP) is 13.3. The van der Waals surface area contributed by atoms with Gasteiger partial charge in [-0.25, -0.2) is 0 Å². The topological polar surface area (TPSA) is 0 Å². The molecule has 2 saturated carbocycles. The van der Waals surface area contributed by atoms with E-state index < -0.39 is 31.7 Å². The molecule has 0 amide bonds. The maximum atomic E-state index is 2.52. The molecule has 8 aromatic carbocycles. The van der Waals surface area contributed by atoms with Crippen LogP contribution in [0.5, 0.6) is 0 Å². The Hall–Kier alpha value is -4.00. The molecule has 10 rings (SSSR count). The number of hydrogen-bond donors (Lipinski definition) is 0. The van der Waals surface area contributed by atoms with Crippen LogP contribution in [0.25, 0.3) is 0 Å². The van der Waals surface area contributed by atoms with Crippen molar-refractivity contribution < 1.29 is 17.1 Å². The summed E-state index contributed by atoms with van der Waals surface area (Å²) in [7, 11) is -2.53. The van der Waals surface area contributed by atoms with E-state index in [1.54, 1.807) is 0 Å². The fourth-order valence-electron chi connectivity index (χ4n) is 8.34. The second kappa shape index (κ2) is 24.0. The van der Waals surface area contributed by atoms with E-state index in [-0.39, 0.29) is 22.5 Å². The Morgan fingerprint density at radius 2 is 0.448 bits per heavy atom. The summed E-state index contributed by atoms with van der Waals surface area (Å²) in [6.45, 7) is 6.99. The van der Waals surface area contributed by atoms with Gasteiger partial charge in [0.05, 0.1) is 0 Å². The molecule has 0 bridgehead atoms. The fourth-order valence-corrected chi connectivity index (χ4v) is 18.4. The molecule has 2 aliphatic rings. The van der Waals surface area contributed by atoms with Crippen molar-refractivity contribution in [3.05, 3.63) is 303 Å². The van der Waals surface area contributed by atoms with E-state index in [4.69, 9.17) is 0 Å². The molecule has 67 heavy (non-hydrogen) atoms. The van der Waals surface area contributed by atoms with Crippen LogP contribution < -0.4 is 42.4 Å². The predicted molar refractivity (Wildman–Crippen MR) is 293 cm³/mol. The van der Waals surface area contributed by atoms with Gasteiger partial charge in [0, 0.05) is 39.7 Å². The van der Waals surface area contributed by atoms with Gasteiger partial charge >= 0.3 is 0 Å². The molecule has 10 radical (unpaired) electrons. The summed E-state index contributed by atoms with van der Waals surface area (Å²) < 4.78 is 0. The molecule has 2 fully saturated rings. The second-order valence-electron chi connectivity index (χ2n) is 17.1. The summed E-state index contributed by atoms with van der Waals surface area (Å²) in [5, 5.41) is 11.2. The molecule has 0 spiro atoms. The Bertz CT molecular complexity index is 2290. The first-order valence-electron chi connectivity index (χ1n) is 22.6. The van der Waals surface area contributed by atoms with Crippen molar-refractivity contribution in [2.75, 3.05) is 0 Å². The minimum Gasteiger partial charge on any atom is -0.0622 e. The SMILES string of the molecule is CC(C)(C)[C]1[CH][C](P(c2ccccc2)c2ccccc2)[C](P(c2ccccc2)c2ccccc2)[CH]1.[CH]1[CH][C](P(c2ccccc2)c2ccccc2)[CH][C]1P(c1ccccc1)c1ccccc1.[Fe]. The largest absolute Gasteiger partial charge is 0.0622 e. The Morgan fingerprint density at radius 3 is 0.642 bits per heavy atom. The van der Waals surface area contributed by atoms with Crippen LogP contribution >= 0.6 is 31.7 Å². The number of hydrogen-bond acceptors (Lipinski definition) is 0. The van der Waals surface area contributed by atoms with Gasteiger partial charge in [-0.2, -0.15) is 0 Å². The van der Waals surface area contributed by atoms with Crippen LogP contribution in [-0.4, -0.2) is 0 Å². The first-order chi connectivity index (χ1) is 32.4. The zero-order valence-corrected chi connectivity index (χ0v) is 42.8. The van der Waals surface area contributed by atoms with Crippen LogP contribution in [0, 0.1) is 66.1 Å². The van der Waals surface area contributed by atoms with E-state index in [2.05, 4.69) is 296 Å². The molecule has 5 heteroatoms. The Kier molecular flexibility index (Phi) is 17.7. The van der Waals surface area contributed by atoms with Gasteiger partial charge in [-0.15, -0.1) is 0 Å². The Balaban J connectivity index is 0.000000180. The molecule has 0 N–H and O–H groups in total. The van der Waals surface area contributed by atoms with Crippen molar-refractivity contribution >= 4 is 74.1 Å². The maximum Gasteiger partial charge on any atom is 0.0251 e. The third-order valence-corrected chi connectivity index (χ3v) is 21.5. The minimum absolute atomic E-state index is 0. The zero-order chi connectivity index (χ0) is 45.1. The first-order valence-corrected chi connectivity index (χ1v) is 28.0. The van der Waals surface area contributed by atoms with Crippen molar-refractivity contribution in [1.82, 2.24) is 0 Å². The molecule has 0 aromatic heterocycles. The summed E-state index contributed by atoms with van der Waals surface area (Å²) in [5.41, 5.74) is 5.89. The maximum absolute atomic E-state index is 2.52. The van der Waals surface area contributed by atoms with Gasteiger partial charge < -0.3 is 0 Å². The Morgan fingerprint density at radius 1 is 0.254 bits per heavy atom. The van der Waals surface area contributed by atoms with Crippen molar-refractivity contribution in [3.63, 3.8) is 0 Å². The zero-order valence-electron chi connectivity index (χ0n) is 38.1. The summed E-state index contributed by atoms with van der Waals surface area (Å²) in [6.07, 6.45) is 12.2. The van der Waals surface area contributed by atoms with E-state index in [1.165, 1.54) is 71.0 Å². The number of rotatable bonds is 12. The van der Waals surface area contributed by atoms with Crippen LogP contribution in [0.3, 0.4) is 0 Å². The third kappa shape index (κ3) is 12.2. The van der Waals surface area contributed by atoms with Crippen LogP contribution in [-0.2, 0) is 17.1 Å². The molecule has 2 aliphatic carbocycles. The molecule has 0 atom stereocenters. The van der Waals surface area contributed by atoms with Gasteiger partial charge in [0.15, 0.2) is 0 Å². The molecular formula is C62H54FeP4. The fraction of sp³-hybridized carbons (Fsp3) is 0.0645. The first kappa shape index (κ1) is 49.4. The van der Waals surface area contributed by atoms with E-state index in [0.29, 0.717) is 0 Å². The molecule has 0 aliphatic heterocycles. The van der Waals surface area contributed by atoms with E-state index >= 15 is 0 Å². The van der Waals surface area contributed by atoms with Crippen molar-refractivity contribution in [2.24, 2.45) is 5.41 Å². The van der Waals surface area contributed by atoms with Gasteiger partial charge in [0.2, 0.25) is 0 Å². The summed E-state index contributed by atoms with van der Waals surface area (Å²) in [6, 6.07) is 88.1. The van der Waals surface area contributed by atoms with Gasteiger partial charge in [-0.05, 0) is 118 Å².